The summed E-state index contributed by atoms with van der Waals surface area (Å²) < 4.78 is 5.99. The van der Waals surface area contributed by atoms with E-state index in [4.69, 9.17) is 16.2 Å². The molecule has 3 nitrogen and oxygen atoms in total. The lowest BCUT2D eigenvalue weighted by Crippen LogP contribution is -2.24. The summed E-state index contributed by atoms with van der Waals surface area (Å²) in [7, 11) is 0. The first kappa shape index (κ1) is 24.6. The summed E-state index contributed by atoms with van der Waals surface area (Å²) in [6, 6.07) is 10.3. The van der Waals surface area contributed by atoms with E-state index in [1.807, 2.05) is 18.2 Å². The van der Waals surface area contributed by atoms with Crippen LogP contribution in [0, 0.1) is 20.8 Å². The molecule has 0 saturated heterocycles. The molecular formula is C21H32Cl2N2O. The molecule has 2 aromatic carbocycles. The Kier molecular flexibility index (Phi) is 9.50. The molecule has 0 radical (unpaired) electrons. The third kappa shape index (κ3) is 5.54. The van der Waals surface area contributed by atoms with E-state index in [2.05, 4.69) is 46.8 Å². The largest absolute Gasteiger partial charge is 0.487 e. The molecule has 2 aromatic rings. The Morgan fingerprint density at radius 1 is 0.962 bits per heavy atom. The minimum absolute atomic E-state index is 0. The van der Waals surface area contributed by atoms with Crippen LogP contribution in [0.3, 0.4) is 0 Å². The van der Waals surface area contributed by atoms with Gasteiger partial charge in [0.15, 0.2) is 0 Å². The number of halogens is 2. The number of nitrogen functional groups attached to an aromatic ring is 1. The topological polar surface area (TPSA) is 61.3 Å². The number of ether oxygens (including phenoxy) is 1. The fraction of sp³-hybridized carbons (Fsp3) is 0.429. The van der Waals surface area contributed by atoms with E-state index >= 15 is 0 Å². The van der Waals surface area contributed by atoms with Gasteiger partial charge in [0.25, 0.3) is 0 Å². The van der Waals surface area contributed by atoms with Gasteiger partial charge in [0.2, 0.25) is 0 Å². The first-order chi connectivity index (χ1) is 11.3. The molecular weight excluding hydrogens is 367 g/mol. The normalized spacial score (nSPS) is 13.3. The van der Waals surface area contributed by atoms with Crippen molar-refractivity contribution in [2.75, 3.05) is 12.3 Å². The predicted octanol–water partition coefficient (Wildman–Crippen LogP) is 4.94. The van der Waals surface area contributed by atoms with Crippen molar-refractivity contribution in [3.63, 3.8) is 0 Å². The van der Waals surface area contributed by atoms with Gasteiger partial charge < -0.3 is 16.2 Å². The second-order valence-electron chi connectivity index (χ2n) is 7.16. The van der Waals surface area contributed by atoms with Gasteiger partial charge in [-0.15, -0.1) is 24.8 Å². The van der Waals surface area contributed by atoms with Crippen molar-refractivity contribution >= 4 is 30.5 Å². The van der Waals surface area contributed by atoms with E-state index in [1.165, 1.54) is 22.3 Å². The number of hydrogen-bond acceptors (Lipinski definition) is 3. The van der Waals surface area contributed by atoms with Gasteiger partial charge in [-0.1, -0.05) is 30.3 Å². The molecule has 0 fully saturated rings. The van der Waals surface area contributed by atoms with E-state index in [0.717, 1.165) is 36.4 Å². The van der Waals surface area contributed by atoms with Gasteiger partial charge in [-0.2, -0.15) is 0 Å². The molecule has 0 aromatic heterocycles. The molecule has 0 unspecified atom stereocenters. The fourth-order valence-corrected chi connectivity index (χ4v) is 3.11. The summed E-state index contributed by atoms with van der Waals surface area (Å²) in [4.78, 5) is 0. The summed E-state index contributed by atoms with van der Waals surface area (Å²) in [6.07, 6.45) is 1.94. The minimum atomic E-state index is -0.0852. The number of rotatable bonds is 2. The molecule has 0 bridgehead atoms. The van der Waals surface area contributed by atoms with Crippen LogP contribution in [0.4, 0.5) is 5.69 Å². The molecule has 26 heavy (non-hydrogen) atoms. The highest BCUT2D eigenvalue weighted by molar-refractivity contribution is 5.85. The van der Waals surface area contributed by atoms with Crippen LogP contribution in [0.25, 0.3) is 0 Å². The first-order valence-corrected chi connectivity index (χ1v) is 8.58. The Morgan fingerprint density at radius 2 is 1.54 bits per heavy atom. The van der Waals surface area contributed by atoms with Gasteiger partial charge in [-0.3, -0.25) is 0 Å². The molecule has 0 saturated carbocycles. The maximum atomic E-state index is 6.09. The van der Waals surface area contributed by atoms with E-state index in [-0.39, 0.29) is 30.4 Å². The standard InChI is InChI=1S/C13H19NO.C8H11N.2ClH/c1-7-8(2)12-10(9(3)11(7)14)6-13(4,5)15-12;9-7-6-8-4-2-1-3-5-8;;/h6,14H2,1-5H3;1-5H,6-7,9H2;2*1H. The van der Waals surface area contributed by atoms with Gasteiger partial charge in [0.05, 0.1) is 0 Å². The number of hydrogen-bond donors (Lipinski definition) is 2. The molecule has 0 amide bonds. The summed E-state index contributed by atoms with van der Waals surface area (Å²) in [5, 5.41) is 0. The third-order valence-corrected chi connectivity index (χ3v) is 4.69. The smallest absolute Gasteiger partial charge is 0.127 e. The van der Waals surface area contributed by atoms with Crippen molar-refractivity contribution in [2.24, 2.45) is 5.73 Å². The highest BCUT2D eigenvalue weighted by atomic mass is 35.5. The van der Waals surface area contributed by atoms with Gasteiger partial charge in [0.1, 0.15) is 11.4 Å². The van der Waals surface area contributed by atoms with Crippen molar-refractivity contribution in [3.8, 4) is 5.75 Å². The average molecular weight is 399 g/mol. The molecule has 0 atom stereocenters. The SMILES string of the molecule is Cc1c(C)c2c(c(C)c1N)CC(C)(C)O2.Cl.Cl.NCCc1ccccc1. The van der Waals surface area contributed by atoms with Gasteiger partial charge in [-0.25, -0.2) is 0 Å². The van der Waals surface area contributed by atoms with Crippen molar-refractivity contribution in [1.82, 2.24) is 0 Å². The predicted molar refractivity (Wildman–Crippen MR) is 117 cm³/mol. The molecule has 0 aliphatic carbocycles. The molecule has 0 spiro atoms. The van der Waals surface area contributed by atoms with E-state index < -0.39 is 0 Å². The third-order valence-electron chi connectivity index (χ3n) is 4.69. The van der Waals surface area contributed by atoms with Crippen molar-refractivity contribution in [3.05, 3.63) is 58.1 Å². The molecule has 1 aliphatic heterocycles. The van der Waals surface area contributed by atoms with Gasteiger partial charge in [0, 0.05) is 17.7 Å². The lowest BCUT2D eigenvalue weighted by Gasteiger charge is -2.18. The number of fused-ring (bicyclic) bond motifs is 1. The number of anilines is 1. The Labute approximate surface area is 170 Å². The van der Waals surface area contributed by atoms with E-state index in [9.17, 15) is 0 Å². The molecule has 3 rings (SSSR count). The van der Waals surface area contributed by atoms with Crippen molar-refractivity contribution < 1.29 is 4.74 Å². The second kappa shape index (κ2) is 10.1. The Bertz CT molecular complexity index is 677. The molecule has 146 valence electrons. The van der Waals surface area contributed by atoms with Crippen LogP contribution in [-0.4, -0.2) is 12.1 Å². The Balaban J connectivity index is 0.000000496. The highest BCUT2D eigenvalue weighted by Gasteiger charge is 2.33. The molecule has 5 heteroatoms. The number of benzene rings is 2. The minimum Gasteiger partial charge on any atom is -0.487 e. The van der Waals surface area contributed by atoms with Gasteiger partial charge in [-0.05, 0) is 69.8 Å². The van der Waals surface area contributed by atoms with Crippen LogP contribution in [0.5, 0.6) is 5.75 Å². The molecule has 4 N–H and O–H groups in total. The zero-order chi connectivity index (χ0) is 17.9. The Hall–Kier alpha value is -1.42. The first-order valence-electron chi connectivity index (χ1n) is 8.58. The maximum Gasteiger partial charge on any atom is 0.127 e. The fourth-order valence-electron chi connectivity index (χ4n) is 3.11. The second-order valence-corrected chi connectivity index (χ2v) is 7.16. The van der Waals surface area contributed by atoms with Crippen LogP contribution in [-0.2, 0) is 12.8 Å². The maximum absolute atomic E-state index is 6.09. The van der Waals surface area contributed by atoms with Crippen LogP contribution in [0.2, 0.25) is 0 Å². The van der Waals surface area contributed by atoms with E-state index in [1.54, 1.807) is 0 Å². The van der Waals surface area contributed by atoms with Gasteiger partial charge >= 0.3 is 0 Å². The quantitative estimate of drug-likeness (QED) is 0.704. The van der Waals surface area contributed by atoms with Crippen molar-refractivity contribution in [2.45, 2.75) is 53.1 Å². The lowest BCUT2D eigenvalue weighted by atomic mass is 9.93. The highest BCUT2D eigenvalue weighted by Crippen LogP contribution is 2.43. The molecule has 1 aliphatic rings. The van der Waals surface area contributed by atoms with Crippen molar-refractivity contribution in [1.29, 1.82) is 0 Å². The lowest BCUT2D eigenvalue weighted by molar-refractivity contribution is 0.137. The van der Waals surface area contributed by atoms with Crippen LogP contribution in [0.15, 0.2) is 30.3 Å². The van der Waals surface area contributed by atoms with Crippen LogP contribution < -0.4 is 16.2 Å². The van der Waals surface area contributed by atoms with Crippen LogP contribution >= 0.6 is 24.8 Å². The average Bonchev–Trinajstić information content (AvgIpc) is 2.89. The summed E-state index contributed by atoms with van der Waals surface area (Å²) >= 11 is 0. The summed E-state index contributed by atoms with van der Waals surface area (Å²) in [5.74, 6) is 1.06. The zero-order valence-corrected chi connectivity index (χ0v) is 18.0. The molecule has 1 heterocycles. The zero-order valence-electron chi connectivity index (χ0n) is 16.4. The Morgan fingerprint density at radius 3 is 2.08 bits per heavy atom. The van der Waals surface area contributed by atoms with Crippen LogP contribution in [0.1, 0.15) is 41.7 Å². The summed E-state index contributed by atoms with van der Waals surface area (Å²) in [5.41, 5.74) is 18.4. The number of nitrogens with two attached hydrogens (primary N) is 2. The van der Waals surface area contributed by atoms with E-state index in [0.29, 0.717) is 0 Å². The monoisotopic (exact) mass is 398 g/mol. The summed E-state index contributed by atoms with van der Waals surface area (Å²) in [6.45, 7) is 11.2.